The van der Waals surface area contributed by atoms with Gasteiger partial charge >= 0.3 is 0 Å². The average molecular weight is 492 g/mol. The van der Waals surface area contributed by atoms with E-state index in [-0.39, 0.29) is 6.04 Å². The van der Waals surface area contributed by atoms with E-state index in [1.165, 1.54) is 12.8 Å². The van der Waals surface area contributed by atoms with Crippen molar-refractivity contribution in [2.45, 2.75) is 38.6 Å². The summed E-state index contributed by atoms with van der Waals surface area (Å²) in [5.74, 6) is 3.07. The van der Waals surface area contributed by atoms with Crippen LogP contribution in [0.1, 0.15) is 42.4 Å². The molecule has 4 aromatic heterocycles. The minimum Gasteiger partial charge on any atom is -0.378 e. The molecule has 0 aromatic carbocycles. The third-order valence-electron chi connectivity index (χ3n) is 7.33. The summed E-state index contributed by atoms with van der Waals surface area (Å²) in [4.78, 5) is 27.0. The van der Waals surface area contributed by atoms with E-state index in [1.54, 1.807) is 17.7 Å². The molecule has 0 aliphatic carbocycles. The van der Waals surface area contributed by atoms with Crippen molar-refractivity contribution in [3.63, 3.8) is 0 Å². The van der Waals surface area contributed by atoms with Gasteiger partial charge in [0, 0.05) is 44.9 Å². The highest BCUT2D eigenvalue weighted by molar-refractivity contribution is 7.18. The van der Waals surface area contributed by atoms with E-state index < -0.39 is 0 Å². The lowest BCUT2D eigenvalue weighted by Gasteiger charge is -2.35. The fraction of sp³-hybridized carbons (Fsp3) is 0.542. The lowest BCUT2D eigenvalue weighted by atomic mass is 9.99. The number of thiazole rings is 1. The highest BCUT2D eigenvalue weighted by Gasteiger charge is 2.31. The number of hydrogen-bond donors (Lipinski definition) is 0. The predicted octanol–water partition coefficient (Wildman–Crippen LogP) is 3.22. The molecule has 1 unspecified atom stereocenters. The van der Waals surface area contributed by atoms with Crippen molar-refractivity contribution < 1.29 is 4.74 Å². The summed E-state index contributed by atoms with van der Waals surface area (Å²) in [6, 6.07) is 4.52. The van der Waals surface area contributed by atoms with Crippen molar-refractivity contribution >= 4 is 44.8 Å². The third-order valence-corrected chi connectivity index (χ3v) is 8.21. The van der Waals surface area contributed by atoms with Gasteiger partial charge in [0.25, 0.3) is 0 Å². The van der Waals surface area contributed by atoms with Crippen molar-refractivity contribution in [2.24, 2.45) is 0 Å². The van der Waals surface area contributed by atoms with Crippen LogP contribution in [0.4, 0.5) is 17.5 Å². The van der Waals surface area contributed by atoms with Crippen LogP contribution in [0.3, 0.4) is 0 Å². The molecule has 3 aliphatic rings. The Balaban J connectivity index is 1.32. The normalized spacial score (nSPS) is 21.2. The average Bonchev–Trinajstić information content (AvgIpc) is 3.45. The fourth-order valence-electron chi connectivity index (χ4n) is 5.40. The Hall–Kier alpha value is -3.05. The van der Waals surface area contributed by atoms with Crippen molar-refractivity contribution in [1.29, 1.82) is 0 Å². The summed E-state index contributed by atoms with van der Waals surface area (Å²) in [5, 5.41) is 6.18. The first-order chi connectivity index (χ1) is 17.2. The third kappa shape index (κ3) is 3.68. The Labute approximate surface area is 207 Å². The second-order valence-corrected chi connectivity index (χ2v) is 10.7. The summed E-state index contributed by atoms with van der Waals surface area (Å²) in [6.07, 6.45) is 6.23. The van der Waals surface area contributed by atoms with Crippen LogP contribution in [0, 0.1) is 6.92 Å². The van der Waals surface area contributed by atoms with Crippen LogP contribution in [0.5, 0.6) is 0 Å². The molecule has 182 valence electrons. The van der Waals surface area contributed by atoms with Gasteiger partial charge in [-0.25, -0.2) is 19.9 Å². The second kappa shape index (κ2) is 8.56. The Bertz CT molecular complexity index is 1370. The van der Waals surface area contributed by atoms with Crippen molar-refractivity contribution in [3.8, 4) is 0 Å². The topological polar surface area (TPSA) is 87.8 Å². The summed E-state index contributed by atoms with van der Waals surface area (Å²) >= 11 is 1.62. The van der Waals surface area contributed by atoms with E-state index in [9.17, 15) is 0 Å². The Morgan fingerprint density at radius 3 is 2.66 bits per heavy atom. The van der Waals surface area contributed by atoms with Crippen LogP contribution in [0.15, 0.2) is 18.5 Å². The molecule has 35 heavy (non-hydrogen) atoms. The van der Waals surface area contributed by atoms with E-state index >= 15 is 0 Å². The van der Waals surface area contributed by atoms with E-state index in [1.807, 2.05) is 11.4 Å². The Morgan fingerprint density at radius 1 is 0.943 bits per heavy atom. The molecule has 7 heterocycles. The number of anilines is 3. The number of fused-ring (bicyclic) bond motifs is 2. The Kier molecular flexibility index (Phi) is 5.20. The van der Waals surface area contributed by atoms with Crippen LogP contribution in [0.2, 0.25) is 0 Å². The largest absolute Gasteiger partial charge is 0.378 e. The van der Waals surface area contributed by atoms with Crippen molar-refractivity contribution in [1.82, 2.24) is 29.5 Å². The smallest absolute Gasteiger partial charge is 0.160 e. The van der Waals surface area contributed by atoms with E-state index in [2.05, 4.69) is 31.8 Å². The van der Waals surface area contributed by atoms with Gasteiger partial charge in [0.05, 0.1) is 30.0 Å². The number of aromatic nitrogens is 6. The first-order valence-electron chi connectivity index (χ1n) is 12.6. The molecule has 0 bridgehead atoms. The molecule has 3 aliphatic heterocycles. The molecule has 10 nitrogen and oxygen atoms in total. The molecule has 7 rings (SSSR count). The van der Waals surface area contributed by atoms with Gasteiger partial charge in [-0.2, -0.15) is 9.61 Å². The maximum Gasteiger partial charge on any atom is 0.160 e. The lowest BCUT2D eigenvalue weighted by Crippen LogP contribution is -2.40. The molecule has 0 amide bonds. The van der Waals surface area contributed by atoms with E-state index in [4.69, 9.17) is 24.8 Å². The van der Waals surface area contributed by atoms with Crippen LogP contribution in [0.25, 0.3) is 16.0 Å². The number of morpholine rings is 1. The van der Waals surface area contributed by atoms with E-state index in [0.717, 1.165) is 103 Å². The zero-order valence-electron chi connectivity index (χ0n) is 19.9. The molecule has 0 saturated carbocycles. The van der Waals surface area contributed by atoms with E-state index in [0.29, 0.717) is 0 Å². The van der Waals surface area contributed by atoms with Gasteiger partial charge in [-0.3, -0.25) is 0 Å². The fourth-order valence-corrected chi connectivity index (χ4v) is 6.15. The first kappa shape index (κ1) is 21.3. The molecule has 0 N–H and O–H groups in total. The number of rotatable bonds is 4. The van der Waals surface area contributed by atoms with Gasteiger partial charge in [-0.05, 0) is 32.6 Å². The Morgan fingerprint density at radius 2 is 1.83 bits per heavy atom. The molecule has 3 fully saturated rings. The zero-order chi connectivity index (χ0) is 23.4. The summed E-state index contributed by atoms with van der Waals surface area (Å²) in [6.45, 7) is 8.31. The van der Waals surface area contributed by atoms with Crippen molar-refractivity contribution in [3.05, 3.63) is 29.2 Å². The molecule has 0 spiro atoms. The van der Waals surface area contributed by atoms with Gasteiger partial charge in [0.1, 0.15) is 28.3 Å². The maximum atomic E-state index is 5.62. The molecule has 0 radical (unpaired) electrons. The molecule has 3 saturated heterocycles. The number of aryl methyl sites for hydroxylation is 1. The standard InChI is InChI=1S/C24H29N9OS/c1-16-27-22-23(25-15-26-24(22)35-16)32-8-3-2-5-18(32)17-13-20-28-19(30-6-4-7-30)14-21(33(20)29-17)31-9-11-34-12-10-31/h13-15,18H,2-12H2,1H3. The number of ether oxygens (including phenoxy) is 1. The van der Waals surface area contributed by atoms with Gasteiger partial charge in [0.2, 0.25) is 0 Å². The van der Waals surface area contributed by atoms with Gasteiger partial charge in [-0.1, -0.05) is 11.3 Å². The molecule has 4 aromatic rings. The van der Waals surface area contributed by atoms with Gasteiger partial charge in [-0.15, -0.1) is 0 Å². The minimum atomic E-state index is 0.135. The van der Waals surface area contributed by atoms with Crippen LogP contribution >= 0.6 is 11.3 Å². The lowest BCUT2D eigenvalue weighted by molar-refractivity contribution is 0.122. The molecular weight excluding hydrogens is 462 g/mol. The minimum absolute atomic E-state index is 0.135. The summed E-state index contributed by atoms with van der Waals surface area (Å²) < 4.78 is 7.66. The maximum absolute atomic E-state index is 5.62. The quantitative estimate of drug-likeness (QED) is 0.427. The number of hydrogen-bond acceptors (Lipinski definition) is 10. The van der Waals surface area contributed by atoms with Gasteiger partial charge < -0.3 is 19.4 Å². The number of piperidine rings is 1. The predicted molar refractivity (Wildman–Crippen MR) is 137 cm³/mol. The highest BCUT2D eigenvalue weighted by Crippen LogP contribution is 2.38. The van der Waals surface area contributed by atoms with Crippen LogP contribution in [-0.2, 0) is 4.74 Å². The summed E-state index contributed by atoms with van der Waals surface area (Å²) in [5.41, 5.74) is 2.86. The van der Waals surface area contributed by atoms with Crippen LogP contribution in [-0.4, -0.2) is 75.5 Å². The SMILES string of the molecule is Cc1nc2c(N3CCCCC3c3cc4nc(N5CCC5)cc(N5CCOCC5)n4n3)ncnc2s1. The number of nitrogens with zero attached hydrogens (tertiary/aromatic N) is 9. The van der Waals surface area contributed by atoms with Crippen LogP contribution < -0.4 is 14.7 Å². The second-order valence-electron chi connectivity index (χ2n) is 9.54. The first-order valence-corrected chi connectivity index (χ1v) is 13.4. The summed E-state index contributed by atoms with van der Waals surface area (Å²) in [7, 11) is 0. The molecular formula is C24H29N9OS. The zero-order valence-corrected chi connectivity index (χ0v) is 20.7. The highest BCUT2D eigenvalue weighted by atomic mass is 32.1. The monoisotopic (exact) mass is 491 g/mol. The van der Waals surface area contributed by atoms with Crippen molar-refractivity contribution in [2.75, 3.05) is 60.6 Å². The molecule has 1 atom stereocenters. The molecule has 11 heteroatoms. The van der Waals surface area contributed by atoms with Gasteiger partial charge in [0.15, 0.2) is 11.5 Å².